The topological polar surface area (TPSA) is 0 Å². The van der Waals surface area contributed by atoms with Crippen LogP contribution in [0, 0.1) is 6.08 Å². The van der Waals surface area contributed by atoms with Crippen molar-refractivity contribution in [2.75, 3.05) is 0 Å². The molecule has 0 amide bonds. The summed E-state index contributed by atoms with van der Waals surface area (Å²) in [5, 5.41) is 7.35. The zero-order valence-electron chi connectivity index (χ0n) is 34.6. The molecular formula is C50H60Cl2SiZr-2. The summed E-state index contributed by atoms with van der Waals surface area (Å²) in [5.74, 6) is 0. The van der Waals surface area contributed by atoms with Gasteiger partial charge in [0.05, 0.1) is 0 Å². The molecule has 0 radical (unpaired) electrons. The van der Waals surface area contributed by atoms with Crippen LogP contribution < -0.4 is 24.8 Å². The quantitative estimate of drug-likeness (QED) is 0.129. The van der Waals surface area contributed by atoms with Gasteiger partial charge in [-0.3, -0.25) is 6.08 Å². The average molecular weight is 851 g/mol. The molecule has 0 spiro atoms. The fourth-order valence-corrected chi connectivity index (χ4v) is 10.5. The van der Waals surface area contributed by atoms with Gasteiger partial charge in [0, 0.05) is 0 Å². The first-order valence-corrected chi connectivity index (χ1v) is 24.2. The Balaban J connectivity index is 0.000000216. The van der Waals surface area contributed by atoms with Crippen LogP contribution in [0.5, 0.6) is 0 Å². The first kappa shape index (κ1) is 44.5. The van der Waals surface area contributed by atoms with Crippen LogP contribution in [0.25, 0.3) is 21.5 Å². The van der Waals surface area contributed by atoms with Crippen molar-refractivity contribution in [3.05, 3.63) is 148 Å². The molecular weight excluding hydrogens is 791 g/mol. The van der Waals surface area contributed by atoms with Crippen molar-refractivity contribution in [2.24, 2.45) is 0 Å². The predicted molar refractivity (Wildman–Crippen MR) is 228 cm³/mol. The van der Waals surface area contributed by atoms with Crippen molar-refractivity contribution in [1.29, 1.82) is 0 Å². The van der Waals surface area contributed by atoms with Gasteiger partial charge in [-0.15, -0.1) is 46.2 Å². The molecule has 0 fully saturated rings. The van der Waals surface area contributed by atoms with Crippen LogP contribution in [0.3, 0.4) is 0 Å². The molecule has 0 saturated heterocycles. The van der Waals surface area contributed by atoms with Crippen molar-refractivity contribution in [2.45, 2.75) is 129 Å². The van der Waals surface area contributed by atoms with Gasteiger partial charge in [-0.25, -0.2) is 11.3 Å². The molecule has 0 unspecified atom stereocenters. The first-order valence-electron chi connectivity index (χ1n) is 19.5. The molecule has 284 valence electrons. The normalized spacial score (nSPS) is 18.4. The minimum absolute atomic E-state index is 0. The molecule has 4 heteroatoms. The molecule has 54 heavy (non-hydrogen) atoms. The predicted octanol–water partition coefficient (Wildman–Crippen LogP) is 7.77. The van der Waals surface area contributed by atoms with Crippen LogP contribution in [0.15, 0.2) is 108 Å². The van der Waals surface area contributed by atoms with E-state index in [1.165, 1.54) is 85.8 Å². The molecule has 0 aromatic heterocycles. The van der Waals surface area contributed by atoms with Crippen molar-refractivity contribution in [1.82, 2.24) is 0 Å². The number of hydrogen-bond acceptors (Lipinski definition) is 0. The Bertz CT molecular complexity index is 2020. The van der Waals surface area contributed by atoms with Crippen molar-refractivity contribution in [3.8, 4) is 0 Å². The summed E-state index contributed by atoms with van der Waals surface area (Å²) in [6.07, 6.45) is 13.8. The van der Waals surface area contributed by atoms with Gasteiger partial charge < -0.3 is 24.8 Å². The third-order valence-corrected chi connectivity index (χ3v) is 15.8. The second-order valence-corrected chi connectivity index (χ2v) is 25.5. The molecule has 0 atom stereocenters. The van der Waals surface area contributed by atoms with Gasteiger partial charge in [-0.2, -0.15) is 6.08 Å². The summed E-state index contributed by atoms with van der Waals surface area (Å²) in [7, 11) is -0.981. The molecule has 3 aliphatic carbocycles. The van der Waals surface area contributed by atoms with Gasteiger partial charge in [0.2, 0.25) is 0 Å². The molecule has 8 rings (SSSR count). The van der Waals surface area contributed by atoms with E-state index in [0.717, 1.165) is 6.42 Å². The molecule has 5 aromatic rings. The summed E-state index contributed by atoms with van der Waals surface area (Å²) < 4.78 is 1.42. The van der Waals surface area contributed by atoms with Gasteiger partial charge in [-0.1, -0.05) is 109 Å². The summed E-state index contributed by atoms with van der Waals surface area (Å²) in [4.78, 5) is 0. The summed E-state index contributed by atoms with van der Waals surface area (Å²) in [6, 6.07) is 33.7. The van der Waals surface area contributed by atoms with E-state index < -0.39 is 8.07 Å². The Morgan fingerprint density at radius 3 is 1.22 bits per heavy atom. The van der Waals surface area contributed by atoms with Crippen LogP contribution in [0.1, 0.15) is 121 Å². The molecule has 0 aliphatic heterocycles. The molecule has 0 saturated carbocycles. The second-order valence-electron chi connectivity index (χ2n) is 19.2. The third-order valence-electron chi connectivity index (χ3n) is 12.3. The Labute approximate surface area is 355 Å². The molecule has 0 bridgehead atoms. The van der Waals surface area contributed by atoms with E-state index in [1.807, 2.05) is 0 Å². The summed E-state index contributed by atoms with van der Waals surface area (Å²) >= 11 is 1.46. The first-order chi connectivity index (χ1) is 24.3. The van der Waals surface area contributed by atoms with Gasteiger partial charge in [0.25, 0.3) is 0 Å². The van der Waals surface area contributed by atoms with Gasteiger partial charge in [-0.05, 0) is 55.4 Å². The number of hydrogen-bond donors (Lipinski definition) is 0. The Morgan fingerprint density at radius 2 is 0.926 bits per heavy atom. The molecule has 3 aliphatic rings. The Hall–Kier alpha value is -2.22. The SMILES string of the molecule is CC1(C)CCC(C)(C)c2cc3c(cc21)[cH-]c1cc2c(cc13)C(C)(C)CCC2(C)C.C[Si](C)(C)C1=CC[C-]=C1.[Cl-].[Cl-].[Zr+2]=[C](c1ccccc1)c1ccccc1. The third kappa shape index (κ3) is 9.31. The maximum atomic E-state index is 3.20. The zero-order valence-corrected chi connectivity index (χ0v) is 39.6. The monoisotopic (exact) mass is 848 g/mol. The molecule has 0 heterocycles. The second kappa shape index (κ2) is 16.7. The van der Waals surface area contributed by atoms with Crippen LogP contribution in [-0.2, 0) is 45.9 Å². The van der Waals surface area contributed by atoms with E-state index in [9.17, 15) is 0 Å². The van der Waals surface area contributed by atoms with Gasteiger partial charge >= 0.3 is 99.2 Å². The summed E-state index contributed by atoms with van der Waals surface area (Å²) in [5.41, 5.74) is 10.0. The number of halogens is 2. The standard InChI is InChI=1S/C29H37.C13H10.C8H13Si.2ClH.Zr/c1-26(2)9-11-28(5,6)24-16-20-18(14-22(24)26)13-19-15-23-25(17-21(19)20)29(7,8)12-10-27(23,3)4;1-3-7-12(8-4-1)11-13-9-5-2-6-10-13;1-9(2,3)8-6-4-5-7-8;;;/h13-17H,9-12H2,1-8H3;1-10H;6-7H,4H2,1-3H3;2*1H;/q-1;;-1;;;+2/p-2. The van der Waals surface area contributed by atoms with Crippen LogP contribution in [-0.4, -0.2) is 11.3 Å². The fraction of sp³-hybridized carbons (Fsp3) is 0.400. The Kier molecular flexibility index (Phi) is 13.8. The molecule has 5 aromatic carbocycles. The average Bonchev–Trinajstić information content (AvgIpc) is 3.78. The van der Waals surface area contributed by atoms with E-state index in [0.29, 0.717) is 0 Å². The van der Waals surface area contributed by atoms with Crippen LogP contribution in [0.4, 0.5) is 0 Å². The van der Waals surface area contributed by atoms with Crippen molar-refractivity contribution >= 4 is 32.8 Å². The van der Waals surface area contributed by atoms with Crippen molar-refractivity contribution in [3.63, 3.8) is 0 Å². The van der Waals surface area contributed by atoms with Crippen molar-refractivity contribution < 1.29 is 49.0 Å². The molecule has 0 N–H and O–H groups in total. The van der Waals surface area contributed by atoms with Crippen LogP contribution >= 0.6 is 0 Å². The van der Waals surface area contributed by atoms with Crippen LogP contribution in [0.2, 0.25) is 19.6 Å². The van der Waals surface area contributed by atoms with E-state index in [1.54, 1.807) is 27.5 Å². The van der Waals surface area contributed by atoms with E-state index in [4.69, 9.17) is 0 Å². The van der Waals surface area contributed by atoms with Gasteiger partial charge in [0.1, 0.15) is 0 Å². The maximum absolute atomic E-state index is 3.20. The number of benzene rings is 4. The molecule has 0 nitrogen and oxygen atoms in total. The minimum atomic E-state index is -0.981. The Morgan fingerprint density at radius 1 is 0.574 bits per heavy atom. The van der Waals surface area contributed by atoms with E-state index >= 15 is 0 Å². The number of allylic oxidation sites excluding steroid dienone is 4. The van der Waals surface area contributed by atoms with E-state index in [-0.39, 0.29) is 46.5 Å². The number of fused-ring (bicyclic) bond motifs is 5. The summed E-state index contributed by atoms with van der Waals surface area (Å²) in [6.45, 7) is 26.6. The van der Waals surface area contributed by atoms with E-state index in [2.05, 4.69) is 184 Å². The number of rotatable bonds is 3. The zero-order chi connectivity index (χ0) is 37.7. The fourth-order valence-electron chi connectivity index (χ4n) is 8.43. The van der Waals surface area contributed by atoms with Gasteiger partial charge in [0.15, 0.2) is 0 Å².